The molecule has 0 fully saturated rings. The topological polar surface area (TPSA) is 0 Å². The third-order valence-electron chi connectivity index (χ3n) is 4.41. The molecule has 2 unspecified atom stereocenters. The zero-order chi connectivity index (χ0) is 13.9. The van der Waals surface area contributed by atoms with Gasteiger partial charge in [-0.25, -0.2) is 0 Å². The number of hydrogen-bond donors (Lipinski definition) is 0. The maximum absolute atomic E-state index is 6.55. The molecule has 0 aliphatic rings. The van der Waals surface area contributed by atoms with Crippen molar-refractivity contribution in [2.75, 3.05) is 0 Å². The van der Waals surface area contributed by atoms with Gasteiger partial charge in [0.05, 0.1) is 5.38 Å². The third-order valence-corrected chi connectivity index (χ3v) is 5.06. The molecule has 18 heavy (non-hydrogen) atoms. The van der Waals surface area contributed by atoms with Crippen molar-refractivity contribution < 1.29 is 0 Å². The molecule has 2 atom stereocenters. The molecule has 1 rings (SSSR count). The summed E-state index contributed by atoms with van der Waals surface area (Å²) in [7, 11) is 0. The number of rotatable bonds is 5. The fourth-order valence-corrected chi connectivity index (χ4v) is 2.40. The first-order valence-electron chi connectivity index (χ1n) is 7.04. The van der Waals surface area contributed by atoms with Crippen LogP contribution in [0.25, 0.3) is 0 Å². The highest BCUT2D eigenvalue weighted by atomic mass is 35.5. The van der Waals surface area contributed by atoms with Crippen LogP contribution >= 0.6 is 11.6 Å². The van der Waals surface area contributed by atoms with Crippen LogP contribution in [0.3, 0.4) is 0 Å². The molecule has 0 saturated heterocycles. The lowest BCUT2D eigenvalue weighted by molar-refractivity contribution is 0.406. The van der Waals surface area contributed by atoms with E-state index in [4.69, 9.17) is 11.6 Å². The molecule has 102 valence electrons. The van der Waals surface area contributed by atoms with E-state index in [0.717, 1.165) is 6.42 Å². The number of hydrogen-bond acceptors (Lipinski definition) is 0. The van der Waals surface area contributed by atoms with E-state index < -0.39 is 0 Å². The molecule has 0 nitrogen and oxygen atoms in total. The van der Waals surface area contributed by atoms with Gasteiger partial charge in [-0.2, -0.15) is 0 Å². The Morgan fingerprint density at radius 2 is 1.56 bits per heavy atom. The van der Waals surface area contributed by atoms with E-state index in [1.807, 2.05) is 0 Å². The van der Waals surface area contributed by atoms with Crippen LogP contribution in [-0.4, -0.2) is 0 Å². The van der Waals surface area contributed by atoms with Crippen molar-refractivity contribution in [2.24, 2.45) is 11.8 Å². The number of benzene rings is 1. The van der Waals surface area contributed by atoms with Crippen LogP contribution in [0.1, 0.15) is 64.5 Å². The van der Waals surface area contributed by atoms with Gasteiger partial charge < -0.3 is 0 Å². The lowest BCUT2D eigenvalue weighted by Gasteiger charge is -2.25. The van der Waals surface area contributed by atoms with Crippen molar-refractivity contribution in [1.29, 1.82) is 0 Å². The standard InChI is InChI=1S/C17H27Cl/c1-7-17(5,6)15-10-8-14(9-11-15)16(18)13(4)12(2)3/h8-13,16H,7H2,1-6H3. The van der Waals surface area contributed by atoms with Gasteiger partial charge in [0.15, 0.2) is 0 Å². The van der Waals surface area contributed by atoms with Crippen LogP contribution in [0.5, 0.6) is 0 Å². The van der Waals surface area contributed by atoms with Crippen LogP contribution in [0.4, 0.5) is 0 Å². The van der Waals surface area contributed by atoms with E-state index >= 15 is 0 Å². The second-order valence-electron chi connectivity index (χ2n) is 6.36. The zero-order valence-electron chi connectivity index (χ0n) is 12.6. The summed E-state index contributed by atoms with van der Waals surface area (Å²) in [6.45, 7) is 13.5. The molecule has 0 amide bonds. The molecule has 0 aliphatic heterocycles. The molecule has 0 N–H and O–H groups in total. The van der Waals surface area contributed by atoms with Gasteiger partial charge in [0, 0.05) is 0 Å². The average Bonchev–Trinajstić information content (AvgIpc) is 2.37. The van der Waals surface area contributed by atoms with E-state index in [-0.39, 0.29) is 10.8 Å². The second-order valence-corrected chi connectivity index (χ2v) is 6.83. The largest absolute Gasteiger partial charge is 0.118 e. The van der Waals surface area contributed by atoms with E-state index in [9.17, 15) is 0 Å². The molecule has 0 bridgehead atoms. The molecule has 1 aromatic carbocycles. The summed E-state index contributed by atoms with van der Waals surface area (Å²) >= 11 is 6.55. The Balaban J connectivity index is 2.89. The van der Waals surface area contributed by atoms with Gasteiger partial charge in [-0.3, -0.25) is 0 Å². The zero-order valence-corrected chi connectivity index (χ0v) is 13.4. The van der Waals surface area contributed by atoms with Crippen LogP contribution in [0, 0.1) is 11.8 Å². The highest BCUT2D eigenvalue weighted by Gasteiger charge is 2.21. The minimum atomic E-state index is 0.115. The Kier molecular flexibility index (Phi) is 5.28. The lowest BCUT2D eigenvalue weighted by Crippen LogP contribution is -2.16. The molecule has 0 radical (unpaired) electrons. The van der Waals surface area contributed by atoms with Gasteiger partial charge in [-0.1, -0.05) is 65.8 Å². The summed E-state index contributed by atoms with van der Waals surface area (Å²) in [5, 5.41) is 0.115. The Morgan fingerprint density at radius 1 is 1.06 bits per heavy atom. The molecular weight excluding hydrogens is 240 g/mol. The van der Waals surface area contributed by atoms with Gasteiger partial charge in [-0.05, 0) is 34.8 Å². The van der Waals surface area contributed by atoms with Gasteiger partial charge in [0.1, 0.15) is 0 Å². The molecule has 0 saturated carbocycles. The quantitative estimate of drug-likeness (QED) is 0.578. The van der Waals surface area contributed by atoms with E-state index in [1.54, 1.807) is 0 Å². The first kappa shape index (κ1) is 15.6. The normalized spacial score (nSPS) is 15.8. The molecular formula is C17H27Cl. The van der Waals surface area contributed by atoms with Crippen molar-refractivity contribution in [3.05, 3.63) is 35.4 Å². The van der Waals surface area contributed by atoms with Crippen LogP contribution in [-0.2, 0) is 5.41 Å². The van der Waals surface area contributed by atoms with Gasteiger partial charge >= 0.3 is 0 Å². The minimum Gasteiger partial charge on any atom is -0.118 e. The fraction of sp³-hybridized carbons (Fsp3) is 0.647. The average molecular weight is 267 g/mol. The highest BCUT2D eigenvalue weighted by Crippen LogP contribution is 2.35. The molecule has 1 heteroatoms. The van der Waals surface area contributed by atoms with Crippen molar-refractivity contribution in [3.63, 3.8) is 0 Å². The summed E-state index contributed by atoms with van der Waals surface area (Å²) in [4.78, 5) is 0. The van der Waals surface area contributed by atoms with Gasteiger partial charge in [-0.15, -0.1) is 11.6 Å². The lowest BCUT2D eigenvalue weighted by atomic mass is 9.81. The first-order chi connectivity index (χ1) is 8.29. The van der Waals surface area contributed by atoms with Gasteiger partial charge in [0.25, 0.3) is 0 Å². The summed E-state index contributed by atoms with van der Waals surface area (Å²) in [6, 6.07) is 8.87. The Bertz CT molecular complexity index is 362. The monoisotopic (exact) mass is 266 g/mol. The van der Waals surface area contributed by atoms with Crippen molar-refractivity contribution in [2.45, 2.75) is 58.8 Å². The summed E-state index contributed by atoms with van der Waals surface area (Å²) in [5.41, 5.74) is 2.90. The van der Waals surface area contributed by atoms with Crippen LogP contribution < -0.4 is 0 Å². The SMILES string of the molecule is CCC(C)(C)c1ccc(C(Cl)C(C)C(C)C)cc1. The Morgan fingerprint density at radius 3 is 1.94 bits per heavy atom. The number of alkyl halides is 1. The van der Waals surface area contributed by atoms with Crippen molar-refractivity contribution in [1.82, 2.24) is 0 Å². The predicted octanol–water partition coefficient (Wildman–Crippen LogP) is 5.95. The minimum absolute atomic E-state index is 0.115. The van der Waals surface area contributed by atoms with Crippen LogP contribution in [0.2, 0.25) is 0 Å². The smallest absolute Gasteiger partial charge is 0.0613 e. The summed E-state index contributed by atoms with van der Waals surface area (Å²) in [5.74, 6) is 1.11. The molecule has 1 aromatic rings. The molecule has 0 heterocycles. The van der Waals surface area contributed by atoms with Crippen molar-refractivity contribution >= 4 is 11.6 Å². The third kappa shape index (κ3) is 3.51. The highest BCUT2D eigenvalue weighted by molar-refractivity contribution is 6.21. The predicted molar refractivity (Wildman–Crippen MR) is 82.4 cm³/mol. The second kappa shape index (κ2) is 6.10. The maximum atomic E-state index is 6.55. The van der Waals surface area contributed by atoms with Crippen molar-refractivity contribution in [3.8, 4) is 0 Å². The van der Waals surface area contributed by atoms with Gasteiger partial charge in [0.2, 0.25) is 0 Å². The van der Waals surface area contributed by atoms with E-state index in [1.165, 1.54) is 11.1 Å². The Hall–Kier alpha value is -0.490. The fourth-order valence-electron chi connectivity index (χ4n) is 1.96. The summed E-state index contributed by atoms with van der Waals surface area (Å²) < 4.78 is 0. The molecule has 0 aliphatic carbocycles. The maximum Gasteiger partial charge on any atom is 0.0613 e. The summed E-state index contributed by atoms with van der Waals surface area (Å²) in [6.07, 6.45) is 1.15. The van der Waals surface area contributed by atoms with Crippen LogP contribution in [0.15, 0.2) is 24.3 Å². The first-order valence-corrected chi connectivity index (χ1v) is 7.47. The van der Waals surface area contributed by atoms with E-state index in [0.29, 0.717) is 11.8 Å². The molecule has 0 spiro atoms. The van der Waals surface area contributed by atoms with E-state index in [2.05, 4.69) is 65.8 Å². The Labute approximate surface area is 118 Å². The molecule has 0 aromatic heterocycles. The number of halogens is 1.